The number of primary amides is 1. The van der Waals surface area contributed by atoms with Gasteiger partial charge in [0.2, 0.25) is 23.6 Å². The molecule has 0 aliphatic carbocycles. The zero-order chi connectivity index (χ0) is 24.3. The minimum atomic E-state index is -1.74. The molecule has 0 aromatic carbocycles. The van der Waals surface area contributed by atoms with Gasteiger partial charge in [-0.15, -0.1) is 0 Å². The number of carbonyl (C=O) groups is 6. The minimum absolute atomic E-state index is 0.466. The molecule has 15 heteroatoms. The normalized spacial score (nSPS) is 15.5. The second-order valence-electron chi connectivity index (χ2n) is 6.58. The van der Waals surface area contributed by atoms with E-state index in [0.29, 0.717) is 0 Å². The number of carbonyl (C=O) groups excluding carboxylic acids is 4. The van der Waals surface area contributed by atoms with E-state index in [-0.39, 0.29) is 0 Å². The van der Waals surface area contributed by atoms with Gasteiger partial charge >= 0.3 is 11.9 Å². The van der Waals surface area contributed by atoms with E-state index in [2.05, 4.69) is 5.32 Å². The van der Waals surface area contributed by atoms with E-state index in [4.69, 9.17) is 21.7 Å². The van der Waals surface area contributed by atoms with Crippen LogP contribution in [-0.4, -0.2) is 92.9 Å². The zero-order valence-corrected chi connectivity index (χ0v) is 16.6. The third kappa shape index (κ3) is 10.3. The van der Waals surface area contributed by atoms with Crippen LogP contribution in [0, 0.1) is 0 Å². The highest BCUT2D eigenvalue weighted by Crippen LogP contribution is 2.02. The van der Waals surface area contributed by atoms with Crippen molar-refractivity contribution in [1.29, 1.82) is 0 Å². The number of aliphatic hydroxyl groups excluding tert-OH is 2. The van der Waals surface area contributed by atoms with Crippen molar-refractivity contribution < 1.29 is 49.2 Å². The summed E-state index contributed by atoms with van der Waals surface area (Å²) in [5.74, 6) is -7.01. The van der Waals surface area contributed by atoms with Crippen molar-refractivity contribution in [2.24, 2.45) is 11.5 Å². The van der Waals surface area contributed by atoms with Crippen LogP contribution in [-0.2, 0) is 28.8 Å². The van der Waals surface area contributed by atoms with Crippen LogP contribution in [0.15, 0.2) is 0 Å². The lowest BCUT2D eigenvalue weighted by atomic mass is 10.1. The Bertz CT molecular complexity index is 698. The third-order valence-corrected chi connectivity index (χ3v) is 3.90. The lowest BCUT2D eigenvalue weighted by Gasteiger charge is -2.24. The van der Waals surface area contributed by atoms with Crippen molar-refractivity contribution in [3.63, 3.8) is 0 Å². The quantitative estimate of drug-likeness (QED) is 0.121. The van der Waals surface area contributed by atoms with Gasteiger partial charge in [-0.1, -0.05) is 0 Å². The summed E-state index contributed by atoms with van der Waals surface area (Å²) < 4.78 is 0. The standard InChI is InChI=1S/C16H27N5O10/c1-6(23)12(16(30)31)21-14(28)8(2-3-11(25)26)19-15(29)9(5-22)20-13(27)7(17)4-10(18)24/h6-9,12,22-23H,2-5,17H2,1H3,(H2,18,24)(H,19,29)(H,20,27)(H,21,28)(H,25,26)(H,30,31). The Kier molecular flexibility index (Phi) is 11.7. The molecule has 5 atom stereocenters. The van der Waals surface area contributed by atoms with E-state index in [1.54, 1.807) is 0 Å². The van der Waals surface area contributed by atoms with Crippen molar-refractivity contribution in [1.82, 2.24) is 16.0 Å². The van der Waals surface area contributed by atoms with Crippen LogP contribution >= 0.6 is 0 Å². The molecule has 176 valence electrons. The first-order chi connectivity index (χ1) is 14.3. The van der Waals surface area contributed by atoms with E-state index in [1.807, 2.05) is 10.6 Å². The Labute approximate surface area is 176 Å². The predicted molar refractivity (Wildman–Crippen MR) is 101 cm³/mol. The van der Waals surface area contributed by atoms with Gasteiger partial charge in [-0.3, -0.25) is 24.0 Å². The number of nitrogens with one attached hydrogen (secondary N) is 3. The first-order valence-corrected chi connectivity index (χ1v) is 8.98. The maximum absolute atomic E-state index is 12.4. The molecule has 0 aromatic rings. The lowest BCUT2D eigenvalue weighted by molar-refractivity contribution is -0.145. The molecule has 0 heterocycles. The molecule has 0 saturated carbocycles. The number of hydrogen-bond donors (Lipinski definition) is 9. The molecule has 4 amide bonds. The van der Waals surface area contributed by atoms with Crippen molar-refractivity contribution in [3.05, 3.63) is 0 Å². The summed E-state index contributed by atoms with van der Waals surface area (Å²) >= 11 is 0. The topological polar surface area (TPSA) is 271 Å². The van der Waals surface area contributed by atoms with E-state index < -0.39 is 91.7 Å². The Hall–Kier alpha value is -3.30. The maximum Gasteiger partial charge on any atom is 0.328 e. The van der Waals surface area contributed by atoms with E-state index >= 15 is 0 Å². The van der Waals surface area contributed by atoms with Gasteiger partial charge in [0.15, 0.2) is 6.04 Å². The molecule has 0 radical (unpaired) electrons. The molecule has 0 aliphatic rings. The molecule has 0 fully saturated rings. The highest BCUT2D eigenvalue weighted by atomic mass is 16.4. The zero-order valence-electron chi connectivity index (χ0n) is 16.6. The summed E-state index contributed by atoms with van der Waals surface area (Å²) in [5.41, 5.74) is 10.3. The molecule has 31 heavy (non-hydrogen) atoms. The summed E-state index contributed by atoms with van der Waals surface area (Å²) in [6.45, 7) is 0.149. The van der Waals surface area contributed by atoms with Gasteiger partial charge in [0.05, 0.1) is 25.2 Å². The Morgan fingerprint density at radius 1 is 0.903 bits per heavy atom. The van der Waals surface area contributed by atoms with Gasteiger partial charge < -0.3 is 47.8 Å². The molecule has 0 bridgehead atoms. The highest BCUT2D eigenvalue weighted by Gasteiger charge is 2.32. The molecule has 5 unspecified atom stereocenters. The summed E-state index contributed by atoms with van der Waals surface area (Å²) in [7, 11) is 0. The first kappa shape index (κ1) is 27.7. The van der Waals surface area contributed by atoms with Gasteiger partial charge in [0, 0.05) is 6.42 Å². The molecule has 15 nitrogen and oxygen atoms in total. The van der Waals surface area contributed by atoms with Crippen LogP contribution in [0.1, 0.15) is 26.2 Å². The fraction of sp³-hybridized carbons (Fsp3) is 0.625. The number of carboxylic acid groups (broad SMARTS) is 2. The fourth-order valence-corrected chi connectivity index (χ4v) is 2.23. The van der Waals surface area contributed by atoms with Gasteiger partial charge in [-0.2, -0.15) is 0 Å². The van der Waals surface area contributed by atoms with Crippen molar-refractivity contribution in [2.75, 3.05) is 6.61 Å². The second-order valence-corrected chi connectivity index (χ2v) is 6.58. The molecular weight excluding hydrogens is 422 g/mol. The van der Waals surface area contributed by atoms with Crippen LogP contribution < -0.4 is 27.4 Å². The van der Waals surface area contributed by atoms with Gasteiger partial charge in [0.25, 0.3) is 0 Å². The van der Waals surface area contributed by atoms with E-state index in [1.165, 1.54) is 0 Å². The summed E-state index contributed by atoms with van der Waals surface area (Å²) in [5, 5.41) is 42.8. The van der Waals surface area contributed by atoms with Crippen LogP contribution in [0.25, 0.3) is 0 Å². The number of aliphatic hydroxyl groups is 2. The minimum Gasteiger partial charge on any atom is -0.481 e. The Morgan fingerprint density at radius 2 is 1.42 bits per heavy atom. The van der Waals surface area contributed by atoms with Crippen LogP contribution in [0.2, 0.25) is 0 Å². The van der Waals surface area contributed by atoms with Crippen molar-refractivity contribution >= 4 is 35.6 Å². The first-order valence-electron chi connectivity index (χ1n) is 8.98. The summed E-state index contributed by atoms with van der Waals surface area (Å²) in [6.07, 6.45) is -3.10. The van der Waals surface area contributed by atoms with Gasteiger partial charge in [-0.25, -0.2) is 4.79 Å². The van der Waals surface area contributed by atoms with Crippen LogP contribution in [0.3, 0.4) is 0 Å². The summed E-state index contributed by atoms with van der Waals surface area (Å²) in [4.78, 5) is 69.4. The molecule has 0 spiro atoms. The van der Waals surface area contributed by atoms with Crippen molar-refractivity contribution in [3.8, 4) is 0 Å². The summed E-state index contributed by atoms with van der Waals surface area (Å²) in [6, 6.07) is -6.35. The molecule has 0 rings (SSSR count). The fourth-order valence-electron chi connectivity index (χ4n) is 2.23. The van der Waals surface area contributed by atoms with Crippen LogP contribution in [0.5, 0.6) is 0 Å². The third-order valence-electron chi connectivity index (χ3n) is 3.90. The van der Waals surface area contributed by atoms with Crippen LogP contribution in [0.4, 0.5) is 0 Å². The molecule has 11 N–H and O–H groups in total. The maximum atomic E-state index is 12.4. The highest BCUT2D eigenvalue weighted by molar-refractivity contribution is 5.95. The average molecular weight is 449 g/mol. The largest absolute Gasteiger partial charge is 0.481 e. The Morgan fingerprint density at radius 3 is 1.84 bits per heavy atom. The second kappa shape index (κ2) is 13.1. The molecule has 0 aromatic heterocycles. The van der Waals surface area contributed by atoms with E-state index in [9.17, 15) is 39.0 Å². The number of nitrogens with two attached hydrogens (primary N) is 2. The molecule has 0 aliphatic heterocycles. The number of carboxylic acids is 2. The lowest BCUT2D eigenvalue weighted by Crippen LogP contribution is -2.59. The van der Waals surface area contributed by atoms with Gasteiger partial charge in [-0.05, 0) is 13.3 Å². The Balaban J connectivity index is 5.33. The average Bonchev–Trinajstić information content (AvgIpc) is 2.65. The number of aliphatic carboxylic acids is 2. The number of amides is 4. The smallest absolute Gasteiger partial charge is 0.328 e. The molecule has 0 saturated heterocycles. The molecular formula is C16H27N5O10. The predicted octanol–water partition coefficient (Wildman–Crippen LogP) is -5.03. The van der Waals surface area contributed by atoms with Crippen molar-refractivity contribution in [2.45, 2.75) is 56.5 Å². The van der Waals surface area contributed by atoms with Gasteiger partial charge in [0.1, 0.15) is 12.1 Å². The van der Waals surface area contributed by atoms with E-state index in [0.717, 1.165) is 6.92 Å². The SMILES string of the molecule is CC(O)C(NC(=O)C(CCC(=O)O)NC(=O)C(CO)NC(=O)C(N)CC(N)=O)C(=O)O. The monoisotopic (exact) mass is 449 g/mol. The number of hydrogen-bond acceptors (Lipinski definition) is 9. The number of rotatable bonds is 14.